The minimum Gasteiger partial charge on any atom is -0.272 e. The van der Waals surface area contributed by atoms with E-state index in [1.54, 1.807) is 6.21 Å². The van der Waals surface area contributed by atoms with Gasteiger partial charge in [0.1, 0.15) is 5.69 Å². The van der Waals surface area contributed by atoms with Crippen LogP contribution in [0, 0.1) is 0 Å². The number of hydrogen-bond donors (Lipinski definition) is 2. The van der Waals surface area contributed by atoms with E-state index in [1.165, 1.54) is 5.56 Å². The van der Waals surface area contributed by atoms with E-state index in [-0.39, 0.29) is 5.91 Å². The molecular formula is C19H15BrN4O. The molecule has 0 saturated heterocycles. The molecule has 0 atom stereocenters. The Kier molecular flexibility index (Phi) is 4.19. The number of hydrogen-bond acceptors (Lipinski definition) is 3. The number of halogens is 1. The summed E-state index contributed by atoms with van der Waals surface area (Å²) in [6.07, 6.45) is 3.32. The lowest BCUT2D eigenvalue weighted by Gasteiger charge is -2.15. The summed E-state index contributed by atoms with van der Waals surface area (Å²) in [5.41, 5.74) is 8.14. The predicted octanol–water partition coefficient (Wildman–Crippen LogP) is 3.70. The van der Waals surface area contributed by atoms with Gasteiger partial charge in [-0.15, -0.1) is 0 Å². The molecule has 5 nitrogen and oxygen atoms in total. The van der Waals surface area contributed by atoms with Crippen molar-refractivity contribution < 1.29 is 4.79 Å². The van der Waals surface area contributed by atoms with Crippen LogP contribution in [0.3, 0.4) is 0 Å². The van der Waals surface area contributed by atoms with Crippen LogP contribution in [0.5, 0.6) is 0 Å². The number of carbonyl (C=O) groups excluding carboxylic acids is 1. The lowest BCUT2D eigenvalue weighted by molar-refractivity contribution is 0.0949. The maximum atomic E-state index is 12.4. The second-order valence-corrected chi connectivity index (χ2v) is 6.75. The Hall–Kier alpha value is -2.73. The highest BCUT2D eigenvalue weighted by Crippen LogP contribution is 2.33. The fourth-order valence-corrected chi connectivity index (χ4v) is 3.28. The highest BCUT2D eigenvalue weighted by atomic mass is 79.9. The number of nitrogens with one attached hydrogen (secondary N) is 2. The molecule has 0 unspecified atom stereocenters. The second-order valence-electron chi connectivity index (χ2n) is 5.83. The average Bonchev–Trinajstić information content (AvgIpc) is 3.08. The van der Waals surface area contributed by atoms with E-state index in [1.807, 2.05) is 42.5 Å². The molecule has 0 bridgehead atoms. The van der Waals surface area contributed by atoms with Crippen LogP contribution < -0.4 is 5.43 Å². The van der Waals surface area contributed by atoms with Gasteiger partial charge in [-0.2, -0.15) is 10.2 Å². The van der Waals surface area contributed by atoms with Gasteiger partial charge in [-0.3, -0.25) is 9.89 Å². The smallest absolute Gasteiger partial charge is 0.272 e. The first kappa shape index (κ1) is 15.8. The first-order chi connectivity index (χ1) is 12.2. The highest BCUT2D eigenvalue weighted by Gasteiger charge is 2.24. The van der Waals surface area contributed by atoms with Gasteiger partial charge in [-0.05, 0) is 36.1 Å². The number of hydrazone groups is 1. The lowest BCUT2D eigenvalue weighted by Crippen LogP contribution is -2.20. The second kappa shape index (κ2) is 6.64. The Morgan fingerprint density at radius 2 is 1.96 bits per heavy atom. The molecule has 3 aromatic rings. The third-order valence-corrected chi connectivity index (χ3v) is 4.79. The number of H-pyrrole nitrogens is 1. The molecule has 6 heteroatoms. The van der Waals surface area contributed by atoms with Gasteiger partial charge in [0.2, 0.25) is 0 Å². The van der Waals surface area contributed by atoms with E-state index in [2.05, 4.69) is 42.7 Å². The number of aromatic amines is 1. The van der Waals surface area contributed by atoms with Gasteiger partial charge in [0.15, 0.2) is 0 Å². The molecule has 1 amide bonds. The highest BCUT2D eigenvalue weighted by molar-refractivity contribution is 9.10. The van der Waals surface area contributed by atoms with Crippen LogP contribution in [0.1, 0.15) is 27.2 Å². The normalized spacial score (nSPS) is 12.7. The summed E-state index contributed by atoms with van der Waals surface area (Å²) in [4.78, 5) is 12.4. The quantitative estimate of drug-likeness (QED) is 0.525. The fourth-order valence-electron chi connectivity index (χ4n) is 3.02. The molecule has 2 aromatic carbocycles. The van der Waals surface area contributed by atoms with E-state index in [0.717, 1.165) is 39.7 Å². The molecule has 0 radical (unpaired) electrons. The Morgan fingerprint density at radius 3 is 2.80 bits per heavy atom. The first-order valence-corrected chi connectivity index (χ1v) is 8.76. The first-order valence-electron chi connectivity index (χ1n) is 7.97. The standard InChI is InChI=1S/C19H15BrN4O/c20-14-8-5-12(6-9-14)11-21-24-19(25)18-16-10-7-13-3-1-2-4-15(13)17(16)22-23-18/h1-6,8-9,11H,7,10H2,(H,22,23)(H,24,25)/b21-11+. The van der Waals surface area contributed by atoms with Crippen LogP contribution in [-0.4, -0.2) is 22.3 Å². The number of aryl methyl sites for hydroxylation is 1. The zero-order valence-electron chi connectivity index (χ0n) is 13.3. The molecule has 1 aliphatic rings. The number of benzene rings is 2. The molecule has 0 saturated carbocycles. The van der Waals surface area contributed by atoms with Gasteiger partial charge >= 0.3 is 0 Å². The van der Waals surface area contributed by atoms with Crippen LogP contribution in [-0.2, 0) is 12.8 Å². The Bertz CT molecular complexity index is 960. The summed E-state index contributed by atoms with van der Waals surface area (Å²) >= 11 is 3.38. The van der Waals surface area contributed by atoms with E-state index >= 15 is 0 Å². The summed E-state index contributed by atoms with van der Waals surface area (Å²) < 4.78 is 0.998. The molecule has 0 aliphatic heterocycles. The number of nitrogens with zero attached hydrogens (tertiary/aromatic N) is 2. The van der Waals surface area contributed by atoms with Crippen molar-refractivity contribution in [2.24, 2.45) is 5.10 Å². The van der Waals surface area contributed by atoms with E-state index in [4.69, 9.17) is 0 Å². The maximum absolute atomic E-state index is 12.4. The summed E-state index contributed by atoms with van der Waals surface area (Å²) in [6.45, 7) is 0. The van der Waals surface area contributed by atoms with Crippen molar-refractivity contribution in [1.29, 1.82) is 0 Å². The topological polar surface area (TPSA) is 70.1 Å². The minimum absolute atomic E-state index is 0.276. The van der Waals surface area contributed by atoms with Crippen LogP contribution >= 0.6 is 15.9 Å². The summed E-state index contributed by atoms with van der Waals surface area (Å²) in [7, 11) is 0. The fraction of sp³-hybridized carbons (Fsp3) is 0.105. The van der Waals surface area contributed by atoms with Gasteiger partial charge in [0.25, 0.3) is 5.91 Å². The Morgan fingerprint density at radius 1 is 1.16 bits per heavy atom. The number of amides is 1. The number of rotatable bonds is 3. The molecule has 25 heavy (non-hydrogen) atoms. The largest absolute Gasteiger partial charge is 0.289 e. The van der Waals surface area contributed by atoms with Crippen LogP contribution in [0.2, 0.25) is 0 Å². The van der Waals surface area contributed by atoms with Gasteiger partial charge in [-0.25, -0.2) is 5.43 Å². The molecule has 0 spiro atoms. The van der Waals surface area contributed by atoms with Crippen molar-refractivity contribution in [2.45, 2.75) is 12.8 Å². The van der Waals surface area contributed by atoms with Crippen LogP contribution in [0.15, 0.2) is 58.1 Å². The molecule has 1 aliphatic carbocycles. The van der Waals surface area contributed by atoms with Crippen molar-refractivity contribution in [3.63, 3.8) is 0 Å². The van der Waals surface area contributed by atoms with Crippen LogP contribution in [0.25, 0.3) is 11.3 Å². The number of aromatic nitrogens is 2. The average molecular weight is 395 g/mol. The van der Waals surface area contributed by atoms with Crippen LogP contribution in [0.4, 0.5) is 0 Å². The molecule has 1 heterocycles. The van der Waals surface area contributed by atoms with E-state index < -0.39 is 0 Å². The molecule has 124 valence electrons. The minimum atomic E-state index is -0.276. The third kappa shape index (κ3) is 3.13. The monoisotopic (exact) mass is 394 g/mol. The van der Waals surface area contributed by atoms with Crippen molar-refractivity contribution in [1.82, 2.24) is 15.6 Å². The van der Waals surface area contributed by atoms with E-state index in [9.17, 15) is 4.79 Å². The number of carbonyl (C=O) groups is 1. The summed E-state index contributed by atoms with van der Waals surface area (Å²) in [5.74, 6) is -0.276. The molecule has 0 fully saturated rings. The Balaban J connectivity index is 1.53. The van der Waals surface area contributed by atoms with Crippen molar-refractivity contribution in [2.75, 3.05) is 0 Å². The van der Waals surface area contributed by atoms with Crippen molar-refractivity contribution in [3.05, 3.63) is 75.4 Å². The van der Waals surface area contributed by atoms with Crippen molar-refractivity contribution >= 4 is 28.1 Å². The van der Waals surface area contributed by atoms with Gasteiger partial charge in [0.05, 0.1) is 11.9 Å². The molecular weight excluding hydrogens is 380 g/mol. The number of fused-ring (bicyclic) bond motifs is 3. The van der Waals surface area contributed by atoms with Crippen molar-refractivity contribution in [3.8, 4) is 11.3 Å². The zero-order valence-corrected chi connectivity index (χ0v) is 14.9. The summed E-state index contributed by atoms with van der Waals surface area (Å²) in [6, 6.07) is 15.8. The van der Waals surface area contributed by atoms with Gasteiger partial charge in [-0.1, -0.05) is 52.3 Å². The van der Waals surface area contributed by atoms with Gasteiger partial charge in [0, 0.05) is 15.6 Å². The van der Waals surface area contributed by atoms with Gasteiger partial charge < -0.3 is 0 Å². The maximum Gasteiger partial charge on any atom is 0.289 e. The summed E-state index contributed by atoms with van der Waals surface area (Å²) in [5, 5.41) is 11.3. The predicted molar refractivity (Wildman–Crippen MR) is 101 cm³/mol. The third-order valence-electron chi connectivity index (χ3n) is 4.26. The SMILES string of the molecule is O=C(N/N=C/c1ccc(Br)cc1)c1[nH]nc2c1CCc1ccccc1-2. The molecule has 2 N–H and O–H groups in total. The molecule has 4 rings (SSSR count). The lowest BCUT2D eigenvalue weighted by atomic mass is 9.89. The zero-order chi connectivity index (χ0) is 17.2. The Labute approximate surface area is 153 Å². The van der Waals surface area contributed by atoms with E-state index in [0.29, 0.717) is 5.69 Å². The molecule has 1 aromatic heterocycles.